The lowest BCUT2D eigenvalue weighted by atomic mass is 10.0. The van der Waals surface area contributed by atoms with Crippen LogP contribution in [0.3, 0.4) is 0 Å². The maximum Gasteiger partial charge on any atom is 0.257 e. The molecule has 2 aromatic carbocycles. The van der Waals surface area contributed by atoms with Crippen molar-refractivity contribution in [2.24, 2.45) is 7.05 Å². The van der Waals surface area contributed by atoms with E-state index in [9.17, 15) is 9.59 Å². The minimum Gasteiger partial charge on any atom is -0.454 e. The van der Waals surface area contributed by atoms with E-state index in [-0.39, 0.29) is 30.1 Å². The molecule has 1 atom stereocenters. The van der Waals surface area contributed by atoms with Gasteiger partial charge in [0.15, 0.2) is 16.7 Å². The molecule has 0 bridgehead atoms. The molecule has 2 aliphatic heterocycles. The average molecular weight is 551 g/mol. The lowest BCUT2D eigenvalue weighted by Gasteiger charge is -2.36. The fourth-order valence-corrected chi connectivity index (χ4v) is 5.87. The van der Waals surface area contributed by atoms with Gasteiger partial charge in [-0.15, -0.1) is 0 Å². The fraction of sp³-hybridized carbons (Fsp3) is 0.414. The van der Waals surface area contributed by atoms with Crippen LogP contribution in [0.4, 0.5) is 0 Å². The van der Waals surface area contributed by atoms with Crippen LogP contribution < -0.4 is 15.0 Å². The van der Waals surface area contributed by atoms with Gasteiger partial charge in [0.25, 0.3) is 5.56 Å². The zero-order valence-electron chi connectivity index (χ0n) is 22.6. The number of ether oxygens (including phenoxy) is 3. The first-order chi connectivity index (χ1) is 18.9. The first-order valence-corrected chi connectivity index (χ1v) is 14.0. The van der Waals surface area contributed by atoms with Crippen molar-refractivity contribution in [1.29, 1.82) is 0 Å². The maximum atomic E-state index is 13.3. The summed E-state index contributed by atoms with van der Waals surface area (Å²) in [5, 5.41) is 0.144. The van der Waals surface area contributed by atoms with Crippen molar-refractivity contribution in [2.45, 2.75) is 36.9 Å². The molecule has 1 unspecified atom stereocenters. The molecule has 0 saturated carbocycles. The maximum absolute atomic E-state index is 13.3. The largest absolute Gasteiger partial charge is 0.454 e. The Kier molecular flexibility index (Phi) is 8.54. The molecule has 9 nitrogen and oxygen atoms in total. The summed E-state index contributed by atoms with van der Waals surface area (Å²) in [6, 6.07) is 15.9. The van der Waals surface area contributed by atoms with Crippen LogP contribution in [-0.4, -0.2) is 70.6 Å². The highest BCUT2D eigenvalue weighted by molar-refractivity contribution is 8.00. The summed E-state index contributed by atoms with van der Waals surface area (Å²) in [4.78, 5) is 35.7. The standard InChI is InChI=1S/C29H34N4O5S/c1-20(27(34)33-13-11-32(12-14-33)17-22-9-10-25-26(16-22)38-19-37-25)39-29-30-24(18-36-3)23(28(35)31(29)2)15-21-7-5-4-6-8-21/h4-10,16,20H,11-15,17-19H2,1-3H3. The third-order valence-corrected chi connectivity index (χ3v) is 8.22. The highest BCUT2D eigenvalue weighted by Crippen LogP contribution is 2.33. The van der Waals surface area contributed by atoms with Gasteiger partial charge in [0.05, 0.1) is 17.6 Å². The number of carbonyl (C=O) groups excluding carboxylic acids is 1. The number of fused-ring (bicyclic) bond motifs is 1. The topological polar surface area (TPSA) is 86.1 Å². The van der Waals surface area contributed by atoms with Crippen molar-refractivity contribution in [3.8, 4) is 11.5 Å². The van der Waals surface area contributed by atoms with Gasteiger partial charge in [-0.05, 0) is 30.2 Å². The van der Waals surface area contributed by atoms with Gasteiger partial charge in [0.2, 0.25) is 12.7 Å². The summed E-state index contributed by atoms with van der Waals surface area (Å²) in [6.45, 7) is 6.08. The van der Waals surface area contributed by atoms with Gasteiger partial charge >= 0.3 is 0 Å². The van der Waals surface area contributed by atoms with E-state index in [0.29, 0.717) is 35.9 Å². The highest BCUT2D eigenvalue weighted by atomic mass is 32.2. The van der Waals surface area contributed by atoms with E-state index in [1.165, 1.54) is 11.8 Å². The van der Waals surface area contributed by atoms with E-state index in [4.69, 9.17) is 19.2 Å². The number of amides is 1. The lowest BCUT2D eigenvalue weighted by molar-refractivity contribution is -0.132. The number of rotatable bonds is 9. The van der Waals surface area contributed by atoms with E-state index >= 15 is 0 Å². The third-order valence-electron chi connectivity index (χ3n) is 7.09. The van der Waals surface area contributed by atoms with Gasteiger partial charge in [-0.3, -0.25) is 19.1 Å². The van der Waals surface area contributed by atoms with Gasteiger partial charge in [0, 0.05) is 58.9 Å². The monoisotopic (exact) mass is 550 g/mol. The summed E-state index contributed by atoms with van der Waals surface area (Å²) in [5.74, 6) is 1.63. The second-order valence-electron chi connectivity index (χ2n) is 9.83. The van der Waals surface area contributed by atoms with Gasteiger partial charge in [0.1, 0.15) is 0 Å². The van der Waals surface area contributed by atoms with Crippen LogP contribution >= 0.6 is 11.8 Å². The van der Waals surface area contributed by atoms with E-state index in [1.54, 1.807) is 18.7 Å². The molecule has 5 rings (SSSR count). The first kappa shape index (κ1) is 27.2. The third kappa shape index (κ3) is 6.29. The average Bonchev–Trinajstić information content (AvgIpc) is 3.42. The number of hydrogen-bond acceptors (Lipinski definition) is 8. The molecule has 39 heavy (non-hydrogen) atoms. The van der Waals surface area contributed by atoms with Crippen LogP contribution in [-0.2, 0) is 36.2 Å². The molecule has 1 saturated heterocycles. The van der Waals surface area contributed by atoms with Crippen molar-refractivity contribution >= 4 is 17.7 Å². The lowest BCUT2D eigenvalue weighted by Crippen LogP contribution is -2.50. The number of nitrogens with zero attached hydrogens (tertiary/aromatic N) is 4. The summed E-state index contributed by atoms with van der Waals surface area (Å²) < 4.78 is 17.8. The minimum absolute atomic E-state index is 0.0543. The Morgan fingerprint density at radius 3 is 2.54 bits per heavy atom. The van der Waals surface area contributed by atoms with Crippen LogP contribution in [0.25, 0.3) is 0 Å². The van der Waals surface area contributed by atoms with Crippen LogP contribution in [0.5, 0.6) is 11.5 Å². The number of piperazine rings is 1. The van der Waals surface area contributed by atoms with Crippen LogP contribution in [0.2, 0.25) is 0 Å². The molecule has 1 fully saturated rings. The second kappa shape index (κ2) is 12.2. The van der Waals surface area contributed by atoms with Crippen molar-refractivity contribution in [1.82, 2.24) is 19.4 Å². The predicted octanol–water partition coefficient (Wildman–Crippen LogP) is 3.07. The fourth-order valence-electron chi connectivity index (χ4n) is 4.90. The normalized spacial score (nSPS) is 15.9. The zero-order valence-corrected chi connectivity index (χ0v) is 23.4. The number of carbonyl (C=O) groups is 1. The van der Waals surface area contributed by atoms with Crippen molar-refractivity contribution < 1.29 is 19.0 Å². The SMILES string of the molecule is COCc1nc(SC(C)C(=O)N2CCN(Cc3ccc4c(c3)OCO4)CC2)n(C)c(=O)c1Cc1ccccc1. The molecule has 0 N–H and O–H groups in total. The Bertz CT molecular complexity index is 1370. The van der Waals surface area contributed by atoms with Gasteiger partial charge < -0.3 is 19.1 Å². The summed E-state index contributed by atoms with van der Waals surface area (Å²) >= 11 is 1.32. The van der Waals surface area contributed by atoms with Crippen LogP contribution in [0, 0.1) is 0 Å². The Morgan fingerprint density at radius 2 is 1.79 bits per heavy atom. The molecule has 2 aliphatic rings. The molecule has 206 valence electrons. The van der Waals surface area contributed by atoms with E-state index in [1.807, 2.05) is 54.3 Å². The Labute approximate surface area is 232 Å². The first-order valence-electron chi connectivity index (χ1n) is 13.1. The number of hydrogen-bond donors (Lipinski definition) is 0. The van der Waals surface area contributed by atoms with Crippen molar-refractivity contribution in [3.63, 3.8) is 0 Å². The zero-order chi connectivity index (χ0) is 27.4. The van der Waals surface area contributed by atoms with E-state index in [0.717, 1.165) is 42.3 Å². The smallest absolute Gasteiger partial charge is 0.257 e. The molecule has 10 heteroatoms. The summed E-state index contributed by atoms with van der Waals surface area (Å²) in [7, 11) is 3.31. The quantitative estimate of drug-likeness (QED) is 0.297. The predicted molar refractivity (Wildman–Crippen MR) is 149 cm³/mol. The molecule has 3 aromatic rings. The van der Waals surface area contributed by atoms with Crippen molar-refractivity contribution in [2.75, 3.05) is 40.1 Å². The Hall–Kier alpha value is -3.34. The Balaban J connectivity index is 1.21. The summed E-state index contributed by atoms with van der Waals surface area (Å²) in [5.41, 5.74) is 3.32. The molecule has 0 radical (unpaired) electrons. The number of aromatic nitrogens is 2. The molecule has 0 spiro atoms. The summed E-state index contributed by atoms with van der Waals surface area (Å²) in [6.07, 6.45) is 0.481. The number of methoxy groups -OCH3 is 1. The van der Waals surface area contributed by atoms with E-state index in [2.05, 4.69) is 11.0 Å². The second-order valence-corrected chi connectivity index (χ2v) is 11.1. The minimum atomic E-state index is -0.376. The highest BCUT2D eigenvalue weighted by Gasteiger charge is 2.27. The number of benzene rings is 2. The Morgan fingerprint density at radius 1 is 1.05 bits per heavy atom. The van der Waals surface area contributed by atoms with Gasteiger partial charge in [-0.25, -0.2) is 4.98 Å². The molecular weight excluding hydrogens is 516 g/mol. The van der Waals surface area contributed by atoms with E-state index < -0.39 is 0 Å². The van der Waals surface area contributed by atoms with Crippen molar-refractivity contribution in [3.05, 3.63) is 81.3 Å². The van der Waals surface area contributed by atoms with Crippen LogP contribution in [0.1, 0.15) is 29.3 Å². The molecule has 0 aliphatic carbocycles. The number of thioether (sulfide) groups is 1. The molecule has 3 heterocycles. The molecule has 1 aromatic heterocycles. The van der Waals surface area contributed by atoms with Gasteiger partial charge in [-0.2, -0.15) is 0 Å². The molecule has 1 amide bonds. The van der Waals surface area contributed by atoms with Crippen LogP contribution in [0.15, 0.2) is 58.5 Å². The molecular formula is C29H34N4O5S. The van der Waals surface area contributed by atoms with Gasteiger partial charge in [-0.1, -0.05) is 48.2 Å².